The van der Waals surface area contributed by atoms with Crippen molar-refractivity contribution < 1.29 is 14.3 Å². The first-order chi connectivity index (χ1) is 12.1. The van der Waals surface area contributed by atoms with Crippen LogP contribution in [0.3, 0.4) is 0 Å². The molecule has 5 nitrogen and oxygen atoms in total. The molecule has 0 aromatic heterocycles. The first-order valence-corrected chi connectivity index (χ1v) is 9.08. The highest BCUT2D eigenvalue weighted by molar-refractivity contribution is 9.10. The van der Waals surface area contributed by atoms with Crippen LogP contribution < -0.4 is 20.1 Å². The molecule has 0 aliphatic carbocycles. The standard InChI is InChI=1S/C19H21BrN2O3/c1-13-4-2-3-5-17(13)25-11-9-21-19(23)22-16-8-10-24-18-7-6-14(20)12-15(16)18/h2-7,12,16H,8-11H2,1H3,(H2,21,22,23). The van der Waals surface area contributed by atoms with Crippen molar-refractivity contribution in [1.29, 1.82) is 0 Å². The van der Waals surface area contributed by atoms with Crippen molar-refractivity contribution in [2.75, 3.05) is 19.8 Å². The van der Waals surface area contributed by atoms with Crippen molar-refractivity contribution in [3.63, 3.8) is 0 Å². The Morgan fingerprint density at radius 3 is 3.00 bits per heavy atom. The number of carbonyl (C=O) groups is 1. The number of amides is 2. The van der Waals surface area contributed by atoms with Gasteiger partial charge in [-0.05, 0) is 36.8 Å². The van der Waals surface area contributed by atoms with Gasteiger partial charge in [0.05, 0.1) is 19.2 Å². The van der Waals surface area contributed by atoms with Crippen LogP contribution in [0.2, 0.25) is 0 Å². The minimum absolute atomic E-state index is 0.0569. The fourth-order valence-electron chi connectivity index (χ4n) is 2.77. The van der Waals surface area contributed by atoms with E-state index in [1.807, 2.05) is 49.4 Å². The van der Waals surface area contributed by atoms with E-state index < -0.39 is 0 Å². The van der Waals surface area contributed by atoms with Gasteiger partial charge in [-0.15, -0.1) is 0 Å². The molecule has 0 bridgehead atoms. The van der Waals surface area contributed by atoms with Crippen LogP contribution in [0.5, 0.6) is 11.5 Å². The Labute approximate surface area is 155 Å². The molecule has 132 valence electrons. The first-order valence-electron chi connectivity index (χ1n) is 8.28. The summed E-state index contributed by atoms with van der Waals surface area (Å²) in [4.78, 5) is 12.2. The highest BCUT2D eigenvalue weighted by atomic mass is 79.9. The second-order valence-corrected chi connectivity index (χ2v) is 6.80. The van der Waals surface area contributed by atoms with Crippen molar-refractivity contribution in [1.82, 2.24) is 10.6 Å². The molecule has 0 saturated carbocycles. The Morgan fingerprint density at radius 1 is 1.32 bits per heavy atom. The predicted molar refractivity (Wildman–Crippen MR) is 100 cm³/mol. The quantitative estimate of drug-likeness (QED) is 0.741. The second kappa shape index (κ2) is 8.25. The van der Waals surface area contributed by atoms with Gasteiger partial charge in [-0.2, -0.15) is 0 Å². The Hall–Kier alpha value is -2.21. The van der Waals surface area contributed by atoms with Crippen molar-refractivity contribution >= 4 is 22.0 Å². The molecule has 3 rings (SSSR count). The van der Waals surface area contributed by atoms with Gasteiger partial charge < -0.3 is 20.1 Å². The van der Waals surface area contributed by atoms with Gasteiger partial charge in [0, 0.05) is 16.5 Å². The molecule has 0 fully saturated rings. The fraction of sp³-hybridized carbons (Fsp3) is 0.316. The number of carbonyl (C=O) groups excluding carboxylic acids is 1. The summed E-state index contributed by atoms with van der Waals surface area (Å²) in [6, 6.07) is 13.4. The van der Waals surface area contributed by atoms with Crippen LogP contribution >= 0.6 is 15.9 Å². The van der Waals surface area contributed by atoms with E-state index in [-0.39, 0.29) is 12.1 Å². The van der Waals surface area contributed by atoms with Crippen molar-refractivity contribution in [3.8, 4) is 11.5 Å². The summed E-state index contributed by atoms with van der Waals surface area (Å²) in [6.07, 6.45) is 0.747. The number of hydrogen-bond acceptors (Lipinski definition) is 3. The van der Waals surface area contributed by atoms with E-state index in [4.69, 9.17) is 9.47 Å². The van der Waals surface area contributed by atoms with Gasteiger partial charge in [0.1, 0.15) is 18.1 Å². The number of ether oxygens (including phenoxy) is 2. The molecule has 2 amide bonds. The number of rotatable bonds is 5. The predicted octanol–water partition coefficient (Wildman–Crippen LogP) is 3.96. The highest BCUT2D eigenvalue weighted by Crippen LogP contribution is 2.33. The van der Waals surface area contributed by atoms with E-state index >= 15 is 0 Å². The van der Waals surface area contributed by atoms with Gasteiger partial charge in [-0.25, -0.2) is 4.79 Å². The minimum Gasteiger partial charge on any atom is -0.493 e. The molecule has 2 aromatic rings. The van der Waals surface area contributed by atoms with Gasteiger partial charge in [-0.1, -0.05) is 34.1 Å². The zero-order valence-corrected chi connectivity index (χ0v) is 15.6. The number of fused-ring (bicyclic) bond motifs is 1. The molecule has 2 aromatic carbocycles. The van der Waals surface area contributed by atoms with Crippen molar-refractivity contribution in [3.05, 3.63) is 58.1 Å². The average Bonchev–Trinajstić information content (AvgIpc) is 2.61. The summed E-state index contributed by atoms with van der Waals surface area (Å²) in [5.41, 5.74) is 2.07. The largest absolute Gasteiger partial charge is 0.493 e. The maximum Gasteiger partial charge on any atom is 0.315 e. The number of aryl methyl sites for hydroxylation is 1. The Bertz CT molecular complexity index is 751. The third-order valence-corrected chi connectivity index (χ3v) is 4.55. The molecule has 1 atom stereocenters. The zero-order chi connectivity index (χ0) is 17.6. The molecule has 0 saturated heterocycles. The maximum absolute atomic E-state index is 12.2. The minimum atomic E-state index is -0.203. The lowest BCUT2D eigenvalue weighted by molar-refractivity contribution is 0.220. The molecule has 1 unspecified atom stereocenters. The average molecular weight is 405 g/mol. The zero-order valence-electron chi connectivity index (χ0n) is 14.0. The third kappa shape index (κ3) is 4.66. The molecule has 25 heavy (non-hydrogen) atoms. The smallest absolute Gasteiger partial charge is 0.315 e. The van der Waals surface area contributed by atoms with Gasteiger partial charge in [0.2, 0.25) is 0 Å². The summed E-state index contributed by atoms with van der Waals surface area (Å²) in [5.74, 6) is 1.66. The third-order valence-electron chi connectivity index (χ3n) is 4.06. The molecule has 6 heteroatoms. The van der Waals surface area contributed by atoms with Crippen LogP contribution in [0, 0.1) is 6.92 Å². The molecule has 1 aliphatic heterocycles. The van der Waals surface area contributed by atoms with Crippen molar-refractivity contribution in [2.24, 2.45) is 0 Å². The van der Waals surface area contributed by atoms with Gasteiger partial charge in [-0.3, -0.25) is 0 Å². The fourth-order valence-corrected chi connectivity index (χ4v) is 3.15. The number of hydrogen-bond donors (Lipinski definition) is 2. The van der Waals surface area contributed by atoms with Crippen LogP contribution in [0.1, 0.15) is 23.6 Å². The Kier molecular flexibility index (Phi) is 5.81. The van der Waals surface area contributed by atoms with Crippen LogP contribution in [-0.2, 0) is 0 Å². The summed E-state index contributed by atoms with van der Waals surface area (Å²) >= 11 is 3.46. The summed E-state index contributed by atoms with van der Waals surface area (Å²) < 4.78 is 12.3. The highest BCUT2D eigenvalue weighted by Gasteiger charge is 2.23. The van der Waals surface area contributed by atoms with E-state index in [1.165, 1.54) is 0 Å². The van der Waals surface area contributed by atoms with E-state index in [9.17, 15) is 4.79 Å². The molecule has 2 N–H and O–H groups in total. The monoisotopic (exact) mass is 404 g/mol. The van der Waals surface area contributed by atoms with Crippen LogP contribution in [0.15, 0.2) is 46.9 Å². The van der Waals surface area contributed by atoms with Crippen LogP contribution in [-0.4, -0.2) is 25.8 Å². The van der Waals surface area contributed by atoms with Crippen LogP contribution in [0.25, 0.3) is 0 Å². The number of halogens is 1. The Morgan fingerprint density at radius 2 is 2.16 bits per heavy atom. The molecule has 0 spiro atoms. The summed E-state index contributed by atoms with van der Waals surface area (Å²) in [7, 11) is 0. The molecular formula is C19H21BrN2O3. The Balaban J connectivity index is 1.47. The van der Waals surface area contributed by atoms with E-state index in [0.29, 0.717) is 19.8 Å². The van der Waals surface area contributed by atoms with Gasteiger partial charge in [0.25, 0.3) is 0 Å². The lowest BCUT2D eigenvalue weighted by Crippen LogP contribution is -2.41. The topological polar surface area (TPSA) is 59.6 Å². The van der Waals surface area contributed by atoms with Gasteiger partial charge >= 0.3 is 6.03 Å². The van der Waals surface area contributed by atoms with Crippen LogP contribution in [0.4, 0.5) is 4.79 Å². The van der Waals surface area contributed by atoms with Crippen molar-refractivity contribution in [2.45, 2.75) is 19.4 Å². The van der Waals surface area contributed by atoms with E-state index in [0.717, 1.165) is 33.5 Å². The molecule has 1 heterocycles. The number of para-hydroxylation sites is 1. The summed E-state index contributed by atoms with van der Waals surface area (Å²) in [5, 5.41) is 5.84. The maximum atomic E-state index is 12.2. The second-order valence-electron chi connectivity index (χ2n) is 5.89. The lowest BCUT2D eigenvalue weighted by atomic mass is 10.0. The normalized spacial score (nSPS) is 15.7. The number of benzene rings is 2. The SMILES string of the molecule is Cc1ccccc1OCCNC(=O)NC1CCOc2ccc(Br)cc21. The molecule has 1 aliphatic rings. The molecular weight excluding hydrogens is 384 g/mol. The van der Waals surface area contributed by atoms with E-state index in [2.05, 4.69) is 26.6 Å². The summed E-state index contributed by atoms with van der Waals surface area (Å²) in [6.45, 7) is 3.45. The lowest BCUT2D eigenvalue weighted by Gasteiger charge is -2.27. The first kappa shape index (κ1) is 17.6. The molecule has 0 radical (unpaired) electrons. The number of nitrogens with one attached hydrogen (secondary N) is 2. The van der Waals surface area contributed by atoms with E-state index in [1.54, 1.807) is 0 Å². The number of urea groups is 1. The van der Waals surface area contributed by atoms with Gasteiger partial charge in [0.15, 0.2) is 0 Å².